The Morgan fingerprint density at radius 1 is 1.00 bits per heavy atom. The normalized spacial score (nSPS) is 16.4. The molecule has 5 heteroatoms. The van der Waals surface area contributed by atoms with E-state index in [1.807, 2.05) is 54.6 Å². The van der Waals surface area contributed by atoms with Gasteiger partial charge < -0.3 is 9.52 Å². The van der Waals surface area contributed by atoms with E-state index in [9.17, 15) is 14.7 Å². The Morgan fingerprint density at radius 3 is 2.37 bits per heavy atom. The molecule has 1 atom stereocenters. The molecule has 0 radical (unpaired) electrons. The van der Waals surface area contributed by atoms with Crippen LogP contribution >= 0.6 is 0 Å². The second kappa shape index (κ2) is 8.41. The van der Waals surface area contributed by atoms with Crippen molar-refractivity contribution in [1.82, 2.24) is 0 Å². The Labute approximate surface area is 175 Å². The molecule has 0 saturated carbocycles. The number of aryl methyl sites for hydroxylation is 2. The van der Waals surface area contributed by atoms with Gasteiger partial charge in [-0.1, -0.05) is 49.4 Å². The van der Waals surface area contributed by atoms with Gasteiger partial charge in [0.1, 0.15) is 11.8 Å². The lowest BCUT2D eigenvalue weighted by molar-refractivity contribution is -0.118. The van der Waals surface area contributed by atoms with Crippen molar-refractivity contribution < 1.29 is 19.1 Å². The number of anilines is 1. The first-order chi connectivity index (χ1) is 14.6. The Hall–Kier alpha value is -3.60. The molecule has 0 spiro atoms. The van der Waals surface area contributed by atoms with Crippen LogP contribution in [0.25, 0.3) is 0 Å². The summed E-state index contributed by atoms with van der Waals surface area (Å²) in [6, 6.07) is 19.8. The highest BCUT2D eigenvalue weighted by Gasteiger charge is 2.45. The number of amides is 1. The van der Waals surface area contributed by atoms with Gasteiger partial charge in [-0.2, -0.15) is 0 Å². The summed E-state index contributed by atoms with van der Waals surface area (Å²) in [6.07, 6.45) is 3.10. The molecule has 1 aromatic heterocycles. The number of aliphatic hydroxyl groups excluding tert-OH is 1. The predicted octanol–water partition coefficient (Wildman–Crippen LogP) is 4.94. The summed E-state index contributed by atoms with van der Waals surface area (Å²) in [6.45, 7) is 2.05. The van der Waals surface area contributed by atoms with Gasteiger partial charge in [-0.15, -0.1) is 0 Å². The second-order valence-electron chi connectivity index (χ2n) is 7.28. The molecule has 3 aromatic rings. The summed E-state index contributed by atoms with van der Waals surface area (Å²) in [5.41, 5.74) is 2.86. The van der Waals surface area contributed by atoms with Gasteiger partial charge in [0.25, 0.3) is 5.91 Å². The molecular formula is C25H23NO4. The minimum atomic E-state index is -0.789. The van der Waals surface area contributed by atoms with Gasteiger partial charge in [0, 0.05) is 12.1 Å². The molecule has 0 fully saturated rings. The van der Waals surface area contributed by atoms with E-state index in [-0.39, 0.29) is 17.8 Å². The van der Waals surface area contributed by atoms with Crippen LogP contribution in [0.3, 0.4) is 0 Å². The Bertz CT molecular complexity index is 1070. The van der Waals surface area contributed by atoms with E-state index in [1.54, 1.807) is 12.1 Å². The zero-order valence-corrected chi connectivity index (χ0v) is 16.7. The highest BCUT2D eigenvalue weighted by Crippen LogP contribution is 2.41. The van der Waals surface area contributed by atoms with Crippen LogP contribution in [-0.4, -0.2) is 16.8 Å². The summed E-state index contributed by atoms with van der Waals surface area (Å²) in [7, 11) is 0. The zero-order valence-electron chi connectivity index (χ0n) is 16.7. The van der Waals surface area contributed by atoms with Crippen molar-refractivity contribution in [2.24, 2.45) is 0 Å². The highest BCUT2D eigenvalue weighted by atomic mass is 16.3. The minimum Gasteiger partial charge on any atom is -0.503 e. The van der Waals surface area contributed by atoms with Crippen LogP contribution < -0.4 is 4.90 Å². The van der Waals surface area contributed by atoms with Crippen LogP contribution in [0, 0.1) is 0 Å². The van der Waals surface area contributed by atoms with Crippen LogP contribution in [0.5, 0.6) is 0 Å². The molecule has 1 unspecified atom stereocenters. The molecule has 1 N–H and O–H groups in total. The Morgan fingerprint density at radius 2 is 1.73 bits per heavy atom. The van der Waals surface area contributed by atoms with E-state index in [2.05, 4.69) is 6.92 Å². The second-order valence-corrected chi connectivity index (χ2v) is 7.28. The molecule has 0 saturated heterocycles. The van der Waals surface area contributed by atoms with Crippen molar-refractivity contribution in [3.63, 3.8) is 0 Å². The van der Waals surface area contributed by atoms with Crippen LogP contribution in [0.1, 0.15) is 36.3 Å². The predicted molar refractivity (Wildman–Crippen MR) is 114 cm³/mol. The molecule has 5 nitrogen and oxygen atoms in total. The quantitative estimate of drug-likeness (QED) is 0.608. The van der Waals surface area contributed by atoms with E-state index in [0.717, 1.165) is 17.5 Å². The first-order valence-corrected chi connectivity index (χ1v) is 10.1. The van der Waals surface area contributed by atoms with Crippen LogP contribution in [0.4, 0.5) is 5.69 Å². The summed E-state index contributed by atoms with van der Waals surface area (Å²) in [5, 5.41) is 10.7. The zero-order chi connectivity index (χ0) is 21.1. The number of benzene rings is 2. The SMILES string of the molecule is CCc1ccc(N2C(=O)C(O)=C(C(=O)CCc3ccccc3)C2c2ccco2)cc1. The van der Waals surface area contributed by atoms with E-state index < -0.39 is 17.7 Å². The average Bonchev–Trinajstić information content (AvgIpc) is 3.40. The van der Waals surface area contributed by atoms with Gasteiger partial charge in [-0.3, -0.25) is 14.5 Å². The van der Waals surface area contributed by atoms with Crippen molar-refractivity contribution in [2.75, 3.05) is 4.90 Å². The lowest BCUT2D eigenvalue weighted by atomic mass is 9.96. The molecule has 0 bridgehead atoms. The third-order valence-electron chi connectivity index (χ3n) is 5.43. The highest BCUT2D eigenvalue weighted by molar-refractivity contribution is 6.16. The van der Waals surface area contributed by atoms with Crippen molar-refractivity contribution >= 4 is 17.4 Å². The fourth-order valence-electron chi connectivity index (χ4n) is 3.80. The van der Waals surface area contributed by atoms with Crippen molar-refractivity contribution in [1.29, 1.82) is 0 Å². The van der Waals surface area contributed by atoms with Crippen molar-refractivity contribution in [2.45, 2.75) is 32.2 Å². The topological polar surface area (TPSA) is 70.8 Å². The van der Waals surface area contributed by atoms with Gasteiger partial charge in [-0.25, -0.2) is 0 Å². The Balaban J connectivity index is 1.67. The van der Waals surface area contributed by atoms with Gasteiger partial charge in [-0.05, 0) is 48.2 Å². The van der Waals surface area contributed by atoms with E-state index in [4.69, 9.17) is 4.42 Å². The maximum absolute atomic E-state index is 13.1. The number of nitrogens with zero attached hydrogens (tertiary/aromatic N) is 1. The van der Waals surface area contributed by atoms with Crippen LogP contribution in [0.15, 0.2) is 88.7 Å². The van der Waals surface area contributed by atoms with Gasteiger partial charge >= 0.3 is 0 Å². The maximum Gasteiger partial charge on any atom is 0.294 e. The molecule has 1 aliphatic heterocycles. The summed E-state index contributed by atoms with van der Waals surface area (Å²) < 4.78 is 5.56. The molecule has 152 valence electrons. The first-order valence-electron chi connectivity index (χ1n) is 10.1. The van der Waals surface area contributed by atoms with Crippen LogP contribution in [-0.2, 0) is 22.4 Å². The third kappa shape index (κ3) is 3.66. The lowest BCUT2D eigenvalue weighted by Crippen LogP contribution is -2.30. The molecule has 2 heterocycles. The molecule has 4 rings (SSSR count). The van der Waals surface area contributed by atoms with Crippen LogP contribution in [0.2, 0.25) is 0 Å². The first kappa shape index (κ1) is 19.7. The minimum absolute atomic E-state index is 0.0884. The fourth-order valence-corrected chi connectivity index (χ4v) is 3.80. The van der Waals surface area contributed by atoms with E-state index in [1.165, 1.54) is 11.2 Å². The van der Waals surface area contributed by atoms with Gasteiger partial charge in [0.15, 0.2) is 11.5 Å². The number of aliphatic hydroxyl groups is 1. The molecule has 2 aromatic carbocycles. The average molecular weight is 401 g/mol. The number of hydrogen-bond donors (Lipinski definition) is 1. The summed E-state index contributed by atoms with van der Waals surface area (Å²) in [5.74, 6) is -0.924. The number of carbonyl (C=O) groups is 2. The number of hydrogen-bond acceptors (Lipinski definition) is 4. The summed E-state index contributed by atoms with van der Waals surface area (Å²) in [4.78, 5) is 27.5. The Kier molecular flexibility index (Phi) is 5.53. The maximum atomic E-state index is 13.1. The van der Waals surface area contributed by atoms with Gasteiger partial charge in [0.2, 0.25) is 0 Å². The fraction of sp³-hybridized carbons (Fsp3) is 0.200. The lowest BCUT2D eigenvalue weighted by Gasteiger charge is -2.25. The molecule has 1 aliphatic rings. The smallest absolute Gasteiger partial charge is 0.294 e. The number of carbonyl (C=O) groups excluding carboxylic acids is 2. The molecular weight excluding hydrogens is 378 g/mol. The number of rotatable bonds is 7. The molecule has 1 amide bonds. The number of Topliss-reactive ketones (excluding diaryl/α,β-unsaturated/α-hetero) is 1. The van der Waals surface area contributed by atoms with Crippen molar-refractivity contribution in [3.8, 4) is 0 Å². The molecule has 30 heavy (non-hydrogen) atoms. The van der Waals surface area contributed by atoms with Gasteiger partial charge in [0.05, 0.1) is 11.8 Å². The monoisotopic (exact) mass is 401 g/mol. The largest absolute Gasteiger partial charge is 0.503 e. The standard InChI is InChI=1S/C25H23NO4/c1-2-17-10-13-19(14-11-17)26-23(21-9-6-16-30-21)22(24(28)25(26)29)20(27)15-12-18-7-4-3-5-8-18/h3-11,13-14,16,23,28H,2,12,15H2,1H3. The van der Waals surface area contributed by atoms with Crippen molar-refractivity contribution in [3.05, 3.63) is 101 Å². The summed E-state index contributed by atoms with van der Waals surface area (Å²) >= 11 is 0. The molecule has 0 aliphatic carbocycles. The van der Waals surface area contributed by atoms with E-state index in [0.29, 0.717) is 17.9 Å². The third-order valence-corrected chi connectivity index (χ3v) is 5.43. The van der Waals surface area contributed by atoms with E-state index >= 15 is 0 Å². The number of furan rings is 1. The number of ketones is 1.